The van der Waals surface area contributed by atoms with Crippen LogP contribution in [0.5, 0.6) is 0 Å². The van der Waals surface area contributed by atoms with Gasteiger partial charge in [-0.3, -0.25) is 9.59 Å². The molecule has 0 radical (unpaired) electrons. The number of aromatic nitrogens is 1. The number of anilines is 1. The average Bonchev–Trinajstić information content (AvgIpc) is 3.10. The molecule has 2 aromatic rings. The molecular formula is C19H25ClN4O2S. The molecule has 1 aromatic carbocycles. The van der Waals surface area contributed by atoms with E-state index in [0.29, 0.717) is 40.3 Å². The van der Waals surface area contributed by atoms with Gasteiger partial charge in [0.15, 0.2) is 0 Å². The average molecular weight is 409 g/mol. The molecule has 0 saturated carbocycles. The number of rotatable bonds is 4. The van der Waals surface area contributed by atoms with Crippen LogP contribution in [0.1, 0.15) is 46.1 Å². The van der Waals surface area contributed by atoms with Gasteiger partial charge < -0.3 is 16.0 Å². The van der Waals surface area contributed by atoms with E-state index in [-0.39, 0.29) is 24.2 Å². The number of benzene rings is 1. The molecule has 1 saturated heterocycles. The standard InChI is InChI=1S/C19H24N4O2S.ClH/c1-12-7-13(2)10-23(9-12)19(25)14-5-3-4-6-15(14)22-18(24)16-11-26-17(8-20)21-16;/h3-6,11-13H,7-10,20H2,1-2H3,(H,22,24);1H. The molecule has 2 heterocycles. The van der Waals surface area contributed by atoms with E-state index in [4.69, 9.17) is 5.73 Å². The van der Waals surface area contributed by atoms with Crippen molar-refractivity contribution in [1.29, 1.82) is 0 Å². The fourth-order valence-electron chi connectivity index (χ4n) is 3.47. The van der Waals surface area contributed by atoms with E-state index in [1.54, 1.807) is 23.6 Å². The highest BCUT2D eigenvalue weighted by atomic mass is 35.5. The number of thiazole rings is 1. The van der Waals surface area contributed by atoms with Crippen molar-refractivity contribution in [3.63, 3.8) is 0 Å². The normalized spacial score (nSPS) is 19.3. The van der Waals surface area contributed by atoms with E-state index < -0.39 is 0 Å². The van der Waals surface area contributed by atoms with E-state index in [1.807, 2.05) is 11.0 Å². The quantitative estimate of drug-likeness (QED) is 0.811. The van der Waals surface area contributed by atoms with E-state index in [0.717, 1.165) is 19.5 Å². The second-order valence-corrected chi connectivity index (χ2v) is 7.93. The van der Waals surface area contributed by atoms with Gasteiger partial charge in [0.2, 0.25) is 0 Å². The van der Waals surface area contributed by atoms with Gasteiger partial charge in [-0.05, 0) is 30.4 Å². The molecule has 3 rings (SSSR count). The van der Waals surface area contributed by atoms with Crippen LogP contribution in [-0.4, -0.2) is 34.8 Å². The third-order valence-electron chi connectivity index (χ3n) is 4.52. The van der Waals surface area contributed by atoms with E-state index in [9.17, 15) is 9.59 Å². The molecule has 2 unspecified atom stereocenters. The number of nitrogens with one attached hydrogen (secondary N) is 1. The smallest absolute Gasteiger partial charge is 0.275 e. The first-order valence-corrected chi connectivity index (χ1v) is 9.70. The zero-order chi connectivity index (χ0) is 18.7. The second kappa shape index (κ2) is 9.30. The molecule has 3 N–H and O–H groups in total. The molecule has 0 bridgehead atoms. The van der Waals surface area contributed by atoms with Crippen molar-refractivity contribution in [2.45, 2.75) is 26.8 Å². The zero-order valence-corrected chi connectivity index (χ0v) is 17.1. The van der Waals surface area contributed by atoms with Crippen molar-refractivity contribution in [2.24, 2.45) is 17.6 Å². The van der Waals surface area contributed by atoms with Crippen LogP contribution in [0.25, 0.3) is 0 Å². The lowest BCUT2D eigenvalue weighted by Gasteiger charge is -2.35. The molecule has 0 aliphatic carbocycles. The van der Waals surface area contributed by atoms with Crippen LogP contribution in [0.4, 0.5) is 5.69 Å². The van der Waals surface area contributed by atoms with Crippen LogP contribution in [0.15, 0.2) is 29.6 Å². The van der Waals surface area contributed by atoms with Crippen LogP contribution in [-0.2, 0) is 6.54 Å². The van der Waals surface area contributed by atoms with Gasteiger partial charge in [0, 0.05) is 25.0 Å². The Morgan fingerprint density at radius 1 is 1.26 bits per heavy atom. The maximum atomic E-state index is 13.0. The first kappa shape index (κ1) is 21.3. The predicted molar refractivity (Wildman–Crippen MR) is 110 cm³/mol. The Kier molecular flexibility index (Phi) is 7.35. The largest absolute Gasteiger partial charge is 0.338 e. The summed E-state index contributed by atoms with van der Waals surface area (Å²) >= 11 is 1.35. The Morgan fingerprint density at radius 2 is 1.93 bits per heavy atom. The molecule has 1 fully saturated rings. The molecule has 8 heteroatoms. The van der Waals surface area contributed by atoms with Gasteiger partial charge in [-0.1, -0.05) is 26.0 Å². The number of amides is 2. The minimum Gasteiger partial charge on any atom is -0.338 e. The van der Waals surface area contributed by atoms with Gasteiger partial charge in [0.25, 0.3) is 11.8 Å². The van der Waals surface area contributed by atoms with E-state index in [2.05, 4.69) is 24.1 Å². The number of para-hydroxylation sites is 1. The Hall–Kier alpha value is -1.96. The lowest BCUT2D eigenvalue weighted by Crippen LogP contribution is -2.42. The van der Waals surface area contributed by atoms with Crippen molar-refractivity contribution < 1.29 is 9.59 Å². The van der Waals surface area contributed by atoms with Crippen molar-refractivity contribution in [2.75, 3.05) is 18.4 Å². The lowest BCUT2D eigenvalue weighted by molar-refractivity contribution is 0.0624. The number of nitrogens with zero attached hydrogens (tertiary/aromatic N) is 2. The summed E-state index contributed by atoms with van der Waals surface area (Å²) in [5.41, 5.74) is 6.89. The number of piperidine rings is 1. The maximum Gasteiger partial charge on any atom is 0.275 e. The van der Waals surface area contributed by atoms with Crippen molar-refractivity contribution in [3.8, 4) is 0 Å². The highest BCUT2D eigenvalue weighted by Crippen LogP contribution is 2.25. The summed E-state index contributed by atoms with van der Waals surface area (Å²) < 4.78 is 0. The number of halogens is 1. The summed E-state index contributed by atoms with van der Waals surface area (Å²) in [6.07, 6.45) is 1.13. The fraction of sp³-hybridized carbons (Fsp3) is 0.421. The minimum atomic E-state index is -0.332. The number of nitrogens with two attached hydrogens (primary N) is 1. The van der Waals surface area contributed by atoms with Crippen molar-refractivity contribution >= 4 is 41.2 Å². The number of hydrogen-bond donors (Lipinski definition) is 2. The summed E-state index contributed by atoms with van der Waals surface area (Å²) in [5.74, 6) is 0.588. The minimum absolute atomic E-state index is 0. The Balaban J connectivity index is 0.00000261. The molecule has 1 aromatic heterocycles. The van der Waals surface area contributed by atoms with Gasteiger partial charge >= 0.3 is 0 Å². The third kappa shape index (κ3) is 5.06. The van der Waals surface area contributed by atoms with Gasteiger partial charge in [0.05, 0.1) is 11.3 Å². The SMILES string of the molecule is CC1CC(C)CN(C(=O)c2ccccc2NC(=O)c2csc(CN)n2)C1.Cl. The van der Waals surface area contributed by atoms with Crippen molar-refractivity contribution in [3.05, 3.63) is 45.9 Å². The zero-order valence-electron chi connectivity index (χ0n) is 15.5. The van der Waals surface area contributed by atoms with Crippen LogP contribution in [0.2, 0.25) is 0 Å². The Morgan fingerprint density at radius 3 is 2.56 bits per heavy atom. The Bertz CT molecular complexity index is 801. The molecule has 6 nitrogen and oxygen atoms in total. The first-order valence-electron chi connectivity index (χ1n) is 8.82. The Labute approximate surface area is 169 Å². The number of carbonyl (C=O) groups excluding carboxylic acids is 2. The molecule has 2 atom stereocenters. The van der Waals surface area contributed by atoms with Gasteiger partial charge in [-0.15, -0.1) is 23.7 Å². The first-order chi connectivity index (χ1) is 12.5. The summed E-state index contributed by atoms with van der Waals surface area (Å²) in [4.78, 5) is 31.6. The summed E-state index contributed by atoms with van der Waals surface area (Å²) in [7, 11) is 0. The molecule has 146 valence electrons. The van der Waals surface area contributed by atoms with Gasteiger partial charge in [0.1, 0.15) is 10.7 Å². The highest BCUT2D eigenvalue weighted by molar-refractivity contribution is 7.09. The van der Waals surface area contributed by atoms with Gasteiger partial charge in [-0.2, -0.15) is 0 Å². The lowest BCUT2D eigenvalue weighted by atomic mass is 9.91. The summed E-state index contributed by atoms with van der Waals surface area (Å²) in [6.45, 7) is 6.13. The van der Waals surface area contributed by atoms with E-state index >= 15 is 0 Å². The molecular weight excluding hydrogens is 384 g/mol. The molecule has 1 aliphatic heterocycles. The van der Waals surface area contributed by atoms with Gasteiger partial charge in [-0.25, -0.2) is 4.98 Å². The molecule has 1 aliphatic rings. The topological polar surface area (TPSA) is 88.3 Å². The van der Waals surface area contributed by atoms with Crippen molar-refractivity contribution in [1.82, 2.24) is 9.88 Å². The molecule has 2 amide bonds. The maximum absolute atomic E-state index is 13.0. The highest BCUT2D eigenvalue weighted by Gasteiger charge is 2.27. The monoisotopic (exact) mass is 408 g/mol. The van der Waals surface area contributed by atoms with Crippen LogP contribution in [0.3, 0.4) is 0 Å². The second-order valence-electron chi connectivity index (χ2n) is 6.99. The number of hydrogen-bond acceptors (Lipinski definition) is 5. The summed E-state index contributed by atoms with van der Waals surface area (Å²) in [5, 5.41) is 5.20. The van der Waals surface area contributed by atoms with Crippen LogP contribution >= 0.6 is 23.7 Å². The molecule has 0 spiro atoms. The number of carbonyl (C=O) groups is 2. The number of likely N-dealkylation sites (tertiary alicyclic amines) is 1. The van der Waals surface area contributed by atoms with Crippen LogP contribution < -0.4 is 11.1 Å². The molecule has 27 heavy (non-hydrogen) atoms. The van der Waals surface area contributed by atoms with Crippen LogP contribution in [0, 0.1) is 11.8 Å². The fourth-order valence-corrected chi connectivity index (χ4v) is 4.13. The van der Waals surface area contributed by atoms with E-state index in [1.165, 1.54) is 11.3 Å². The summed E-state index contributed by atoms with van der Waals surface area (Å²) in [6, 6.07) is 7.13. The third-order valence-corrected chi connectivity index (χ3v) is 5.39. The predicted octanol–water partition coefficient (Wildman–Crippen LogP) is 3.39.